The van der Waals surface area contributed by atoms with Crippen molar-refractivity contribution in [1.82, 2.24) is 5.32 Å². The monoisotopic (exact) mass is 278 g/mol. The van der Waals surface area contributed by atoms with Gasteiger partial charge in [-0.3, -0.25) is 4.79 Å². The fourth-order valence-electron chi connectivity index (χ4n) is 1.58. The van der Waals surface area contributed by atoms with E-state index in [0.717, 1.165) is 11.3 Å². The van der Waals surface area contributed by atoms with Gasteiger partial charge in [-0.1, -0.05) is 12.1 Å². The third-order valence-electron chi connectivity index (χ3n) is 2.36. The summed E-state index contributed by atoms with van der Waals surface area (Å²) in [5.41, 5.74) is 1.36. The molecule has 0 heterocycles. The highest BCUT2D eigenvalue weighted by atomic mass is 16.6. The van der Waals surface area contributed by atoms with E-state index in [1.165, 1.54) is 6.92 Å². The molecule has 1 rings (SSSR count). The molecule has 0 aliphatic rings. The minimum absolute atomic E-state index is 0.0932. The van der Waals surface area contributed by atoms with Crippen LogP contribution in [0.5, 0.6) is 0 Å². The number of anilines is 1. The molecule has 0 bridgehead atoms. The molecule has 0 aromatic heterocycles. The number of amides is 2. The van der Waals surface area contributed by atoms with Crippen LogP contribution in [0.3, 0.4) is 0 Å². The van der Waals surface area contributed by atoms with E-state index in [1.54, 1.807) is 0 Å². The molecule has 2 N–H and O–H groups in total. The van der Waals surface area contributed by atoms with Gasteiger partial charge in [0.05, 0.1) is 0 Å². The van der Waals surface area contributed by atoms with E-state index < -0.39 is 11.7 Å². The topological polar surface area (TPSA) is 67.4 Å². The second-order valence-corrected chi connectivity index (χ2v) is 5.56. The molecule has 0 radical (unpaired) electrons. The Balaban J connectivity index is 2.35. The lowest BCUT2D eigenvalue weighted by Gasteiger charge is -2.19. The Labute approximate surface area is 119 Å². The van der Waals surface area contributed by atoms with Gasteiger partial charge in [-0.15, -0.1) is 0 Å². The van der Waals surface area contributed by atoms with Crippen LogP contribution in [0.15, 0.2) is 24.3 Å². The third kappa shape index (κ3) is 6.78. The lowest BCUT2D eigenvalue weighted by molar-refractivity contribution is -0.114. The molecular formula is C15H22N2O3. The number of benzene rings is 1. The van der Waals surface area contributed by atoms with Gasteiger partial charge in [-0.25, -0.2) is 4.79 Å². The van der Waals surface area contributed by atoms with E-state index in [1.807, 2.05) is 45.0 Å². The number of hydrogen-bond donors (Lipinski definition) is 2. The molecule has 0 aliphatic carbocycles. The molecule has 1 aromatic rings. The first-order valence-corrected chi connectivity index (χ1v) is 6.59. The maximum absolute atomic E-state index is 11.4. The zero-order valence-corrected chi connectivity index (χ0v) is 12.4. The molecule has 0 saturated heterocycles. The van der Waals surface area contributed by atoms with Gasteiger partial charge in [-0.05, 0) is 44.9 Å². The summed E-state index contributed by atoms with van der Waals surface area (Å²) in [5.74, 6) is -0.0932. The number of carbonyl (C=O) groups is 2. The molecule has 0 aliphatic heterocycles. The highest BCUT2D eigenvalue weighted by molar-refractivity contribution is 5.88. The molecule has 0 fully saturated rings. The van der Waals surface area contributed by atoms with Crippen molar-refractivity contribution in [2.24, 2.45) is 0 Å². The Morgan fingerprint density at radius 3 is 2.25 bits per heavy atom. The van der Waals surface area contributed by atoms with Gasteiger partial charge in [0, 0.05) is 19.2 Å². The molecule has 0 spiro atoms. The van der Waals surface area contributed by atoms with E-state index in [-0.39, 0.29) is 5.91 Å². The number of carbonyl (C=O) groups excluding carboxylic acids is 2. The van der Waals surface area contributed by atoms with Crippen molar-refractivity contribution in [3.05, 3.63) is 29.8 Å². The second-order valence-electron chi connectivity index (χ2n) is 5.56. The SMILES string of the molecule is CC(=O)Nc1ccc(CCNC(=O)OC(C)(C)C)cc1. The molecule has 0 saturated carbocycles. The van der Waals surface area contributed by atoms with Crippen LogP contribution in [-0.2, 0) is 16.0 Å². The maximum Gasteiger partial charge on any atom is 0.407 e. The first-order chi connectivity index (χ1) is 9.26. The molecule has 1 aromatic carbocycles. The van der Waals surface area contributed by atoms with Crippen molar-refractivity contribution in [3.8, 4) is 0 Å². The van der Waals surface area contributed by atoms with E-state index in [9.17, 15) is 9.59 Å². The van der Waals surface area contributed by atoms with Crippen LogP contribution >= 0.6 is 0 Å². The lowest BCUT2D eigenvalue weighted by atomic mass is 10.1. The minimum atomic E-state index is -0.482. The number of rotatable bonds is 4. The Kier molecular flexibility index (Phi) is 5.55. The quantitative estimate of drug-likeness (QED) is 0.889. The zero-order valence-electron chi connectivity index (χ0n) is 12.4. The standard InChI is InChI=1S/C15H22N2O3/c1-11(18)17-13-7-5-12(6-8-13)9-10-16-14(19)20-15(2,3)4/h5-8H,9-10H2,1-4H3,(H,16,19)(H,17,18). The summed E-state index contributed by atoms with van der Waals surface area (Å²) >= 11 is 0. The molecular weight excluding hydrogens is 256 g/mol. The Morgan fingerprint density at radius 2 is 1.75 bits per heavy atom. The first-order valence-electron chi connectivity index (χ1n) is 6.59. The van der Waals surface area contributed by atoms with E-state index in [0.29, 0.717) is 13.0 Å². The molecule has 110 valence electrons. The fraction of sp³-hybridized carbons (Fsp3) is 0.467. The maximum atomic E-state index is 11.4. The third-order valence-corrected chi connectivity index (χ3v) is 2.36. The number of hydrogen-bond acceptors (Lipinski definition) is 3. The van der Waals surface area contributed by atoms with Crippen LogP contribution in [0, 0.1) is 0 Å². The van der Waals surface area contributed by atoms with Gasteiger partial charge in [0.25, 0.3) is 0 Å². The van der Waals surface area contributed by atoms with E-state index in [2.05, 4.69) is 10.6 Å². The molecule has 0 unspecified atom stereocenters. The largest absolute Gasteiger partial charge is 0.444 e. The van der Waals surface area contributed by atoms with Gasteiger partial charge in [0.15, 0.2) is 0 Å². The summed E-state index contributed by atoms with van der Waals surface area (Å²) < 4.78 is 5.14. The molecule has 20 heavy (non-hydrogen) atoms. The summed E-state index contributed by atoms with van der Waals surface area (Å²) in [7, 11) is 0. The predicted octanol–water partition coefficient (Wildman–Crippen LogP) is 2.71. The van der Waals surface area contributed by atoms with Gasteiger partial charge in [0.2, 0.25) is 5.91 Å². The number of ether oxygens (including phenoxy) is 1. The lowest BCUT2D eigenvalue weighted by Crippen LogP contribution is -2.33. The van der Waals surface area contributed by atoms with Crippen LogP contribution in [0.2, 0.25) is 0 Å². The zero-order chi connectivity index (χ0) is 15.2. The molecule has 5 nitrogen and oxygen atoms in total. The smallest absolute Gasteiger partial charge is 0.407 e. The minimum Gasteiger partial charge on any atom is -0.444 e. The summed E-state index contributed by atoms with van der Waals surface area (Å²) in [6.45, 7) is 7.46. The van der Waals surface area contributed by atoms with Crippen LogP contribution in [0.1, 0.15) is 33.3 Å². The Morgan fingerprint density at radius 1 is 1.15 bits per heavy atom. The van der Waals surface area contributed by atoms with Crippen LogP contribution in [0.25, 0.3) is 0 Å². The number of nitrogens with one attached hydrogen (secondary N) is 2. The van der Waals surface area contributed by atoms with Crippen molar-refractivity contribution in [2.45, 2.75) is 39.7 Å². The number of alkyl carbamates (subject to hydrolysis) is 1. The first kappa shape index (κ1) is 16.0. The van der Waals surface area contributed by atoms with Gasteiger partial charge in [0.1, 0.15) is 5.60 Å². The highest BCUT2D eigenvalue weighted by Gasteiger charge is 2.15. The van der Waals surface area contributed by atoms with Gasteiger partial charge in [-0.2, -0.15) is 0 Å². The second kappa shape index (κ2) is 6.93. The van der Waals surface area contributed by atoms with E-state index >= 15 is 0 Å². The molecule has 0 atom stereocenters. The van der Waals surface area contributed by atoms with Gasteiger partial charge < -0.3 is 15.4 Å². The van der Waals surface area contributed by atoms with Crippen molar-refractivity contribution in [2.75, 3.05) is 11.9 Å². The summed E-state index contributed by atoms with van der Waals surface area (Å²) in [4.78, 5) is 22.3. The Hall–Kier alpha value is -2.04. The van der Waals surface area contributed by atoms with Crippen LogP contribution in [0.4, 0.5) is 10.5 Å². The average molecular weight is 278 g/mol. The van der Waals surface area contributed by atoms with Crippen molar-refractivity contribution in [3.63, 3.8) is 0 Å². The summed E-state index contributed by atoms with van der Waals surface area (Å²) in [6.07, 6.45) is 0.298. The predicted molar refractivity (Wildman–Crippen MR) is 78.7 cm³/mol. The van der Waals surface area contributed by atoms with Crippen LogP contribution < -0.4 is 10.6 Å². The van der Waals surface area contributed by atoms with E-state index in [4.69, 9.17) is 4.74 Å². The van der Waals surface area contributed by atoms with Crippen LogP contribution in [-0.4, -0.2) is 24.1 Å². The van der Waals surface area contributed by atoms with Crippen molar-refractivity contribution < 1.29 is 14.3 Å². The highest BCUT2D eigenvalue weighted by Crippen LogP contribution is 2.10. The van der Waals surface area contributed by atoms with Gasteiger partial charge >= 0.3 is 6.09 Å². The Bertz CT molecular complexity index is 461. The summed E-state index contributed by atoms with van der Waals surface area (Å²) in [6, 6.07) is 7.51. The van der Waals surface area contributed by atoms with Crippen molar-refractivity contribution in [1.29, 1.82) is 0 Å². The molecule has 5 heteroatoms. The fourth-order valence-corrected chi connectivity index (χ4v) is 1.58. The average Bonchev–Trinajstić information content (AvgIpc) is 2.28. The van der Waals surface area contributed by atoms with Crippen molar-refractivity contribution >= 4 is 17.7 Å². The summed E-state index contributed by atoms with van der Waals surface area (Å²) in [5, 5.41) is 5.41. The molecule has 2 amide bonds. The normalized spacial score (nSPS) is 10.8.